The van der Waals surface area contributed by atoms with Crippen LogP contribution in [0.4, 0.5) is 0 Å². The number of fused-ring (bicyclic) bond motifs is 3. The second-order valence-electron chi connectivity index (χ2n) is 9.52. The van der Waals surface area contributed by atoms with E-state index < -0.39 is 11.2 Å². The number of rotatable bonds is 5. The summed E-state index contributed by atoms with van der Waals surface area (Å²) in [6, 6.07) is 28.4. The van der Waals surface area contributed by atoms with Gasteiger partial charge in [-0.2, -0.15) is 0 Å². The second kappa shape index (κ2) is 7.08. The minimum atomic E-state index is -0.905. The summed E-state index contributed by atoms with van der Waals surface area (Å²) in [6.45, 7) is 7.40. The fourth-order valence-electron chi connectivity index (χ4n) is 4.21. The van der Waals surface area contributed by atoms with Gasteiger partial charge in [0, 0.05) is 0 Å². The molecule has 3 heteroatoms. The molecule has 1 aliphatic rings. The van der Waals surface area contributed by atoms with Crippen LogP contribution in [0.25, 0.3) is 44.2 Å². The van der Waals surface area contributed by atoms with E-state index in [0.29, 0.717) is 7.48 Å². The molecule has 0 unspecified atom stereocenters. The maximum Gasteiger partial charge on any atom is 0.309 e. The van der Waals surface area contributed by atoms with Crippen LogP contribution in [0.2, 0.25) is 0 Å². The molecule has 2 nitrogen and oxygen atoms in total. The average molecular weight is 406 g/mol. The van der Waals surface area contributed by atoms with E-state index in [2.05, 4.69) is 78.9 Å². The first-order valence-corrected chi connectivity index (χ1v) is 10.9. The van der Waals surface area contributed by atoms with Crippen LogP contribution in [0.15, 0.2) is 78.9 Å². The molecule has 0 aliphatic heterocycles. The van der Waals surface area contributed by atoms with Crippen molar-refractivity contribution in [3.8, 4) is 33.4 Å². The Kier molecular flexibility index (Phi) is 4.58. The number of hydrogen-bond donors (Lipinski definition) is 1. The third kappa shape index (κ3) is 3.38. The van der Waals surface area contributed by atoms with Crippen LogP contribution in [0.1, 0.15) is 27.7 Å². The molecule has 4 aromatic carbocycles. The van der Waals surface area contributed by atoms with E-state index in [1.807, 2.05) is 13.8 Å². The lowest BCUT2D eigenvalue weighted by Gasteiger charge is -2.37. The van der Waals surface area contributed by atoms with Gasteiger partial charge in [0.05, 0.1) is 11.2 Å². The van der Waals surface area contributed by atoms with Gasteiger partial charge in [-0.3, -0.25) is 0 Å². The fraction of sp³-hybridized carbons (Fsp3) is 0.214. The van der Waals surface area contributed by atoms with Gasteiger partial charge in [-0.25, -0.2) is 0 Å². The van der Waals surface area contributed by atoms with Gasteiger partial charge in [0.2, 0.25) is 0 Å². The van der Waals surface area contributed by atoms with Gasteiger partial charge in [-0.1, -0.05) is 78.3 Å². The van der Waals surface area contributed by atoms with Crippen LogP contribution in [0.3, 0.4) is 0 Å². The molecule has 0 amide bonds. The fourth-order valence-corrected chi connectivity index (χ4v) is 4.21. The molecule has 0 saturated carbocycles. The molecule has 0 atom stereocenters. The summed E-state index contributed by atoms with van der Waals surface area (Å²) in [5.41, 5.74) is 7.25. The summed E-state index contributed by atoms with van der Waals surface area (Å²) >= 11 is 0. The zero-order valence-corrected chi connectivity index (χ0v) is 18.6. The van der Waals surface area contributed by atoms with Crippen molar-refractivity contribution >= 4 is 23.7 Å². The van der Waals surface area contributed by atoms with Crippen molar-refractivity contribution in [2.45, 2.75) is 38.9 Å². The van der Waals surface area contributed by atoms with Crippen LogP contribution in [0.5, 0.6) is 0 Å². The number of hydrogen-bond acceptors (Lipinski definition) is 2. The lowest BCUT2D eigenvalue weighted by molar-refractivity contribution is -0.0893. The second-order valence-corrected chi connectivity index (χ2v) is 9.52. The Morgan fingerprint density at radius 1 is 0.677 bits per heavy atom. The van der Waals surface area contributed by atoms with Crippen molar-refractivity contribution in [1.29, 1.82) is 0 Å². The van der Waals surface area contributed by atoms with Crippen LogP contribution < -0.4 is 5.46 Å². The van der Waals surface area contributed by atoms with Crippen LogP contribution in [-0.2, 0) is 4.65 Å². The topological polar surface area (TPSA) is 29.5 Å². The third-order valence-corrected chi connectivity index (χ3v) is 6.86. The Labute approximate surface area is 184 Å². The highest BCUT2D eigenvalue weighted by Gasteiger charge is 2.35. The van der Waals surface area contributed by atoms with E-state index in [9.17, 15) is 5.11 Å². The monoisotopic (exact) mass is 406 g/mol. The Morgan fingerprint density at radius 3 is 1.94 bits per heavy atom. The molecule has 1 aliphatic carbocycles. The largest absolute Gasteiger partial charge is 0.427 e. The van der Waals surface area contributed by atoms with Gasteiger partial charge in [0.15, 0.2) is 0 Å². The first kappa shape index (κ1) is 20.1. The summed E-state index contributed by atoms with van der Waals surface area (Å²) < 4.78 is 6.00. The molecule has 31 heavy (non-hydrogen) atoms. The highest BCUT2D eigenvalue weighted by Crippen LogP contribution is 2.48. The minimum Gasteiger partial charge on any atom is -0.427 e. The maximum atomic E-state index is 10.3. The lowest BCUT2D eigenvalue weighted by atomic mass is 9.82. The van der Waals surface area contributed by atoms with Crippen LogP contribution >= 0.6 is 0 Å². The van der Waals surface area contributed by atoms with Crippen molar-refractivity contribution in [1.82, 2.24) is 0 Å². The van der Waals surface area contributed by atoms with Crippen LogP contribution in [-0.4, -0.2) is 23.8 Å². The Balaban J connectivity index is 1.43. The first-order valence-electron chi connectivity index (χ1n) is 10.9. The average Bonchev–Trinajstić information content (AvgIpc) is 3.07. The van der Waals surface area contributed by atoms with E-state index >= 15 is 0 Å². The molecule has 0 spiro atoms. The van der Waals surface area contributed by atoms with E-state index in [1.54, 1.807) is 13.8 Å². The van der Waals surface area contributed by atoms with Crippen molar-refractivity contribution in [3.05, 3.63) is 78.9 Å². The summed E-state index contributed by atoms with van der Waals surface area (Å²) in [5.74, 6) is 0. The third-order valence-electron chi connectivity index (χ3n) is 6.86. The minimum absolute atomic E-state index is 0.471. The molecule has 0 bridgehead atoms. The molecule has 4 aromatic rings. The normalized spacial score (nSPS) is 12.8. The van der Waals surface area contributed by atoms with Crippen molar-refractivity contribution in [3.63, 3.8) is 0 Å². The van der Waals surface area contributed by atoms with Gasteiger partial charge < -0.3 is 9.76 Å². The zero-order valence-electron chi connectivity index (χ0n) is 18.6. The summed E-state index contributed by atoms with van der Waals surface area (Å²) in [4.78, 5) is 0. The quantitative estimate of drug-likeness (QED) is 0.380. The molecule has 0 radical (unpaired) electrons. The predicted octanol–water partition coefficient (Wildman–Crippen LogP) is 5.70. The number of aliphatic hydroxyl groups is 1. The smallest absolute Gasteiger partial charge is 0.309 e. The van der Waals surface area contributed by atoms with Gasteiger partial charge in [-0.15, -0.1) is 0 Å². The Hall–Kier alpha value is -2.88. The van der Waals surface area contributed by atoms with Crippen molar-refractivity contribution in [2.75, 3.05) is 0 Å². The van der Waals surface area contributed by atoms with Gasteiger partial charge in [-0.05, 0) is 77.9 Å². The summed E-state index contributed by atoms with van der Waals surface area (Å²) in [6.07, 6.45) is 0. The van der Waals surface area contributed by atoms with E-state index in [1.165, 1.54) is 44.2 Å². The van der Waals surface area contributed by atoms with E-state index in [-0.39, 0.29) is 0 Å². The highest BCUT2D eigenvalue weighted by molar-refractivity contribution is 6.47. The summed E-state index contributed by atoms with van der Waals surface area (Å²) in [5, 5.41) is 12.9. The molecule has 0 saturated heterocycles. The zero-order chi connectivity index (χ0) is 21.8. The molecule has 0 fully saturated rings. The Morgan fingerprint density at radius 2 is 1.29 bits per heavy atom. The Bertz CT molecular complexity index is 1280. The molecule has 1 N–H and O–H groups in total. The summed E-state index contributed by atoms with van der Waals surface area (Å²) in [7, 11) is 0.471. The van der Waals surface area contributed by atoms with Crippen molar-refractivity contribution < 1.29 is 9.76 Å². The molecular formula is C28H27BO2. The van der Waals surface area contributed by atoms with Gasteiger partial charge in [0.25, 0.3) is 0 Å². The van der Waals surface area contributed by atoms with Crippen molar-refractivity contribution in [2.24, 2.45) is 0 Å². The molecular weight excluding hydrogens is 379 g/mol. The predicted molar refractivity (Wildman–Crippen MR) is 132 cm³/mol. The molecule has 154 valence electrons. The van der Waals surface area contributed by atoms with Crippen LogP contribution in [0, 0.1) is 0 Å². The highest BCUT2D eigenvalue weighted by atomic mass is 16.5. The number of benzene rings is 4. The SMILES string of the molecule is CC(C)(O)C(C)(C)OBc1ccc(-c2ccc3c(c2)-c2cccc4cccc-3c24)cc1. The standard InChI is InChI=1S/C28H27BO2/c1-27(2,30)28(3,4)31-29-21-14-11-18(12-15-21)20-13-16-22-23-9-5-7-19-8-6-10-24(26(19)23)25(22)17-20/h5-17,29-30H,1-4H3. The molecule has 5 rings (SSSR count). The van der Waals surface area contributed by atoms with Gasteiger partial charge >= 0.3 is 7.48 Å². The van der Waals surface area contributed by atoms with Gasteiger partial charge in [0.1, 0.15) is 0 Å². The molecule has 0 heterocycles. The maximum absolute atomic E-state index is 10.3. The van der Waals surface area contributed by atoms with E-state index in [4.69, 9.17) is 4.65 Å². The lowest BCUT2D eigenvalue weighted by Crippen LogP contribution is -2.49. The first-order chi connectivity index (χ1) is 14.7. The molecule has 0 aromatic heterocycles. The van der Waals surface area contributed by atoms with E-state index in [0.717, 1.165) is 5.46 Å².